The predicted molar refractivity (Wildman–Crippen MR) is 120 cm³/mol. The second-order valence-electron chi connectivity index (χ2n) is 8.45. The van der Waals surface area contributed by atoms with Crippen LogP contribution in [0.3, 0.4) is 0 Å². The number of fused-ring (bicyclic) bond motifs is 2. The molecule has 1 aromatic rings. The van der Waals surface area contributed by atoms with Gasteiger partial charge in [0.2, 0.25) is 0 Å². The van der Waals surface area contributed by atoms with E-state index >= 15 is 0 Å². The minimum absolute atomic E-state index is 0.0505. The average Bonchev–Trinajstić information content (AvgIpc) is 3.36. The van der Waals surface area contributed by atoms with Crippen LogP contribution in [0.5, 0.6) is 11.5 Å². The maximum Gasteiger partial charge on any atom is 0.252 e. The number of nitrogens with zero attached hydrogens (tertiary/aromatic N) is 2. The molecular formula is C23H28N3O3P. The number of allylic oxidation sites excluding steroid dienone is 1. The molecule has 0 saturated carbocycles. The first-order valence-corrected chi connectivity index (χ1v) is 11.5. The molecule has 4 atom stereocenters. The molecule has 30 heavy (non-hydrogen) atoms. The normalized spacial score (nSPS) is 28.7. The lowest BCUT2D eigenvalue weighted by molar-refractivity contribution is -0.124. The lowest BCUT2D eigenvalue weighted by Crippen LogP contribution is -2.39. The van der Waals surface area contributed by atoms with Gasteiger partial charge in [-0.25, -0.2) is 0 Å². The summed E-state index contributed by atoms with van der Waals surface area (Å²) in [6.07, 6.45) is 6.14. The number of carbonyl (C=O) groups excluding carboxylic acids is 1. The first-order valence-electron chi connectivity index (χ1n) is 10.5. The Morgan fingerprint density at radius 2 is 1.80 bits per heavy atom. The van der Waals surface area contributed by atoms with E-state index in [1.54, 1.807) is 20.3 Å². The molecule has 158 valence electrons. The average molecular weight is 425 g/mol. The molecule has 4 aliphatic heterocycles. The van der Waals surface area contributed by atoms with Crippen molar-refractivity contribution < 1.29 is 14.3 Å². The highest BCUT2D eigenvalue weighted by molar-refractivity contribution is 7.51. The summed E-state index contributed by atoms with van der Waals surface area (Å²) >= 11 is 0. The van der Waals surface area contributed by atoms with E-state index in [-0.39, 0.29) is 11.7 Å². The lowest BCUT2D eigenvalue weighted by atomic mass is 10.0. The monoisotopic (exact) mass is 425 g/mol. The van der Waals surface area contributed by atoms with Crippen molar-refractivity contribution in [1.29, 1.82) is 0 Å². The molecule has 5 rings (SSSR count). The van der Waals surface area contributed by atoms with Crippen LogP contribution in [-0.2, 0) is 4.79 Å². The van der Waals surface area contributed by atoms with Gasteiger partial charge in [0.1, 0.15) is 0 Å². The summed E-state index contributed by atoms with van der Waals surface area (Å²) in [5.74, 6) is 2.98. The zero-order valence-electron chi connectivity index (χ0n) is 17.6. The summed E-state index contributed by atoms with van der Waals surface area (Å²) in [4.78, 5) is 17.5. The second-order valence-corrected chi connectivity index (χ2v) is 9.82. The first-order chi connectivity index (χ1) is 14.6. The zero-order chi connectivity index (χ0) is 20.8. The molecule has 1 aromatic carbocycles. The van der Waals surface area contributed by atoms with Crippen LogP contribution >= 0.6 is 8.58 Å². The number of likely N-dealkylation sites (tertiary alicyclic amines) is 1. The van der Waals surface area contributed by atoms with Gasteiger partial charge in [0.05, 0.1) is 25.7 Å². The quantitative estimate of drug-likeness (QED) is 0.752. The highest BCUT2D eigenvalue weighted by atomic mass is 31.1. The van der Waals surface area contributed by atoms with Gasteiger partial charge >= 0.3 is 0 Å². The van der Waals surface area contributed by atoms with Crippen molar-refractivity contribution in [2.45, 2.75) is 12.7 Å². The van der Waals surface area contributed by atoms with E-state index < -0.39 is 0 Å². The topological polar surface area (TPSA) is 54.0 Å². The summed E-state index contributed by atoms with van der Waals surface area (Å²) in [6.45, 7) is 6.54. The molecule has 2 unspecified atom stereocenters. The standard InChI is InChI=1S/C23H28N3O3P/c1-14-6-18(25-11-16-9-24-10-17(16)12-25)13-26-22(27)8-21(30-23(14)26)15-4-5-19(28-2)20(7-15)29-3/h4-8,13,16-17,23-24,30H,9-12H2,1-3H3/t16-,17+,23?. The maximum atomic E-state index is 13.1. The molecular weight excluding hydrogens is 397 g/mol. The number of hydrogen-bond acceptors (Lipinski definition) is 5. The molecule has 0 spiro atoms. The SMILES string of the molecule is COc1ccc(C2=CC(=O)N3C=C(N4C[C@H]5CNC[C@H]5C4)C=C(C)C3P2)cc1OC. The summed E-state index contributed by atoms with van der Waals surface area (Å²) in [5.41, 5.74) is 3.45. The van der Waals surface area contributed by atoms with Gasteiger partial charge in [0.25, 0.3) is 5.91 Å². The molecule has 0 radical (unpaired) electrons. The number of benzene rings is 1. The summed E-state index contributed by atoms with van der Waals surface area (Å²) in [6, 6.07) is 5.86. The smallest absolute Gasteiger partial charge is 0.252 e. The molecule has 2 saturated heterocycles. The minimum atomic E-state index is 0.0505. The second kappa shape index (κ2) is 7.75. The van der Waals surface area contributed by atoms with Gasteiger partial charge in [-0.2, -0.15) is 0 Å². The number of carbonyl (C=O) groups is 1. The van der Waals surface area contributed by atoms with Gasteiger partial charge in [-0.1, -0.05) is 14.6 Å². The van der Waals surface area contributed by atoms with Crippen molar-refractivity contribution >= 4 is 19.8 Å². The number of methoxy groups -OCH3 is 2. The molecule has 0 aliphatic carbocycles. The first kappa shape index (κ1) is 19.7. The van der Waals surface area contributed by atoms with E-state index in [1.165, 1.54) is 11.3 Å². The Kier molecular flexibility index (Phi) is 5.08. The van der Waals surface area contributed by atoms with Crippen LogP contribution in [0.15, 0.2) is 47.8 Å². The van der Waals surface area contributed by atoms with Crippen LogP contribution in [0.25, 0.3) is 5.31 Å². The van der Waals surface area contributed by atoms with Gasteiger partial charge < -0.3 is 24.6 Å². The Hall–Kier alpha value is -2.30. The van der Waals surface area contributed by atoms with Crippen molar-refractivity contribution in [1.82, 2.24) is 15.1 Å². The molecule has 7 heteroatoms. The fourth-order valence-electron chi connectivity index (χ4n) is 4.96. The molecule has 0 aromatic heterocycles. The van der Waals surface area contributed by atoms with Crippen molar-refractivity contribution in [3.63, 3.8) is 0 Å². The highest BCUT2D eigenvalue weighted by Gasteiger charge is 2.39. The van der Waals surface area contributed by atoms with Crippen LogP contribution in [0.2, 0.25) is 0 Å². The summed E-state index contributed by atoms with van der Waals surface area (Å²) in [7, 11) is 3.75. The zero-order valence-corrected chi connectivity index (χ0v) is 18.6. The molecule has 1 amide bonds. The number of nitrogens with one attached hydrogen (secondary N) is 1. The van der Waals surface area contributed by atoms with Crippen LogP contribution < -0.4 is 14.8 Å². The Morgan fingerprint density at radius 1 is 1.07 bits per heavy atom. The third kappa shape index (κ3) is 3.32. The number of rotatable bonds is 4. The number of ether oxygens (including phenoxy) is 2. The predicted octanol–water partition coefficient (Wildman–Crippen LogP) is 2.84. The summed E-state index contributed by atoms with van der Waals surface area (Å²) in [5, 5.41) is 4.56. The Morgan fingerprint density at radius 3 is 2.50 bits per heavy atom. The van der Waals surface area contributed by atoms with Crippen LogP contribution in [0.1, 0.15) is 12.5 Å². The molecule has 2 fully saturated rings. The molecule has 1 N–H and O–H groups in total. The van der Waals surface area contributed by atoms with Crippen LogP contribution in [0.4, 0.5) is 0 Å². The summed E-state index contributed by atoms with van der Waals surface area (Å²) < 4.78 is 10.8. The fraction of sp³-hybridized carbons (Fsp3) is 0.435. The number of amides is 1. The van der Waals surface area contributed by atoms with Crippen LogP contribution in [0, 0.1) is 11.8 Å². The third-order valence-electron chi connectivity index (χ3n) is 6.62. The van der Waals surface area contributed by atoms with Crippen LogP contribution in [-0.4, -0.2) is 61.9 Å². The molecule has 4 heterocycles. The van der Waals surface area contributed by atoms with E-state index in [4.69, 9.17) is 9.47 Å². The molecule has 6 nitrogen and oxygen atoms in total. The molecule has 4 aliphatic rings. The van der Waals surface area contributed by atoms with E-state index in [1.807, 2.05) is 23.1 Å². The molecule has 0 bridgehead atoms. The minimum Gasteiger partial charge on any atom is -0.493 e. The highest BCUT2D eigenvalue weighted by Crippen LogP contribution is 2.48. The number of hydrogen-bond donors (Lipinski definition) is 1. The van der Waals surface area contributed by atoms with E-state index in [2.05, 4.69) is 29.4 Å². The van der Waals surface area contributed by atoms with Crippen molar-refractivity contribution in [3.8, 4) is 11.5 Å². The fourth-order valence-corrected chi connectivity index (χ4v) is 6.43. The van der Waals surface area contributed by atoms with E-state index in [0.29, 0.717) is 20.1 Å². The Balaban J connectivity index is 1.40. The Labute approximate surface area is 179 Å². The maximum absolute atomic E-state index is 13.1. The lowest BCUT2D eigenvalue weighted by Gasteiger charge is -2.38. The van der Waals surface area contributed by atoms with E-state index in [9.17, 15) is 4.79 Å². The van der Waals surface area contributed by atoms with Gasteiger partial charge in [0, 0.05) is 38.5 Å². The van der Waals surface area contributed by atoms with Gasteiger partial charge in [-0.05, 0) is 53.4 Å². The Bertz CT molecular complexity index is 958. The van der Waals surface area contributed by atoms with Crippen molar-refractivity contribution in [2.24, 2.45) is 11.8 Å². The van der Waals surface area contributed by atoms with Gasteiger partial charge in [-0.15, -0.1) is 0 Å². The van der Waals surface area contributed by atoms with Gasteiger partial charge in [-0.3, -0.25) is 4.79 Å². The van der Waals surface area contributed by atoms with Crippen molar-refractivity contribution in [2.75, 3.05) is 40.4 Å². The van der Waals surface area contributed by atoms with Crippen molar-refractivity contribution in [3.05, 3.63) is 53.4 Å². The third-order valence-corrected chi connectivity index (χ3v) is 8.37. The largest absolute Gasteiger partial charge is 0.493 e. The van der Waals surface area contributed by atoms with Gasteiger partial charge in [0.15, 0.2) is 11.5 Å². The van der Waals surface area contributed by atoms with E-state index in [0.717, 1.165) is 48.9 Å².